The average molecular weight is 488 g/mol. The summed E-state index contributed by atoms with van der Waals surface area (Å²) >= 11 is 11.9. The largest absolute Gasteiger partial charge is 0.405 e. The van der Waals surface area contributed by atoms with Gasteiger partial charge in [-0.3, -0.25) is 10.1 Å². The zero-order valence-corrected chi connectivity index (χ0v) is 18.8. The summed E-state index contributed by atoms with van der Waals surface area (Å²) in [5.74, 6) is -1.41. The predicted octanol–water partition coefficient (Wildman–Crippen LogP) is 4.92. The molecule has 1 aliphatic heterocycles. The zero-order valence-electron chi connectivity index (χ0n) is 17.3. The molecular weight excluding hydrogens is 466 g/mol. The van der Waals surface area contributed by atoms with Crippen LogP contribution in [0.15, 0.2) is 53.5 Å². The molecule has 3 rings (SSSR count). The molecule has 3 unspecified atom stereocenters. The highest BCUT2D eigenvalue weighted by Crippen LogP contribution is 2.34. The van der Waals surface area contributed by atoms with Crippen molar-refractivity contribution in [1.29, 1.82) is 0 Å². The zero-order chi connectivity index (χ0) is 23.5. The van der Waals surface area contributed by atoms with Crippen molar-refractivity contribution in [3.63, 3.8) is 0 Å². The van der Waals surface area contributed by atoms with E-state index in [9.17, 15) is 18.0 Å². The number of hydrogen-bond donors (Lipinski definition) is 3. The molecule has 1 amide bonds. The summed E-state index contributed by atoms with van der Waals surface area (Å²) in [5.41, 5.74) is 3.30. The van der Waals surface area contributed by atoms with Crippen molar-refractivity contribution in [2.24, 2.45) is 10.9 Å². The number of hydrogen-bond acceptors (Lipinski definition) is 4. The van der Waals surface area contributed by atoms with Gasteiger partial charge >= 0.3 is 6.18 Å². The summed E-state index contributed by atoms with van der Waals surface area (Å²) in [4.78, 5) is 17.2. The molecule has 3 N–H and O–H groups in total. The molecular formula is C21H22Cl2F3N5O. The van der Waals surface area contributed by atoms with E-state index in [1.807, 2.05) is 0 Å². The van der Waals surface area contributed by atoms with Gasteiger partial charge in [0.1, 0.15) is 12.2 Å². The number of aliphatic imine (C=N–C) groups is 1. The first-order valence-corrected chi connectivity index (χ1v) is 10.6. The van der Waals surface area contributed by atoms with Gasteiger partial charge < -0.3 is 5.32 Å². The number of rotatable bonds is 4. The molecule has 1 saturated heterocycles. The number of benzene rings is 2. The molecule has 172 valence electrons. The first-order chi connectivity index (χ1) is 15.1. The molecule has 11 heteroatoms. The third-order valence-electron chi connectivity index (χ3n) is 5.00. The standard InChI is InChI=1S/C21H22Cl2F3N5O/c1-3-31-18(12(2)17(30-31)21(24,25)26)28-20(27-16-6-4-5-15(23)11-16)29-19(32)13-7-9-14(22)10-8-13/h4-12,17-18,30H,3H2,1-2H3,(H2,27,28,29,32). The monoisotopic (exact) mass is 487 g/mol. The van der Waals surface area contributed by atoms with Gasteiger partial charge in [-0.2, -0.15) is 13.2 Å². The van der Waals surface area contributed by atoms with Gasteiger partial charge in [0.2, 0.25) is 5.96 Å². The summed E-state index contributed by atoms with van der Waals surface area (Å²) in [6, 6.07) is 11.1. The maximum absolute atomic E-state index is 13.4. The number of carbonyl (C=O) groups is 1. The molecule has 0 bridgehead atoms. The van der Waals surface area contributed by atoms with E-state index < -0.39 is 30.2 Å². The quantitative estimate of drug-likeness (QED) is 0.422. The fourth-order valence-electron chi connectivity index (χ4n) is 3.38. The van der Waals surface area contributed by atoms with Crippen LogP contribution < -0.4 is 16.1 Å². The first-order valence-electron chi connectivity index (χ1n) is 9.85. The number of amides is 1. The number of hydrazine groups is 1. The van der Waals surface area contributed by atoms with Gasteiger partial charge in [-0.05, 0) is 42.5 Å². The van der Waals surface area contributed by atoms with E-state index in [0.717, 1.165) is 0 Å². The number of guanidine groups is 1. The minimum atomic E-state index is -4.44. The molecule has 2 aromatic rings. The molecule has 0 aliphatic carbocycles. The molecule has 3 atom stereocenters. The summed E-state index contributed by atoms with van der Waals surface area (Å²) in [7, 11) is 0. The van der Waals surface area contributed by atoms with E-state index >= 15 is 0 Å². The van der Waals surface area contributed by atoms with Gasteiger partial charge in [0, 0.05) is 33.8 Å². The lowest BCUT2D eigenvalue weighted by Crippen LogP contribution is -2.45. The fourth-order valence-corrected chi connectivity index (χ4v) is 3.69. The van der Waals surface area contributed by atoms with Crippen molar-refractivity contribution in [3.8, 4) is 0 Å². The summed E-state index contributed by atoms with van der Waals surface area (Å²) < 4.78 is 40.3. The number of nitrogens with one attached hydrogen (secondary N) is 3. The molecule has 6 nitrogen and oxygen atoms in total. The van der Waals surface area contributed by atoms with E-state index in [4.69, 9.17) is 23.2 Å². The smallest absolute Gasteiger partial charge is 0.326 e. The normalized spacial score (nSPS) is 22.1. The van der Waals surface area contributed by atoms with E-state index in [-0.39, 0.29) is 12.5 Å². The molecule has 2 aromatic carbocycles. The average Bonchev–Trinajstić information content (AvgIpc) is 3.04. The highest BCUT2D eigenvalue weighted by molar-refractivity contribution is 6.31. The van der Waals surface area contributed by atoms with Gasteiger partial charge in [0.05, 0.1) is 0 Å². The van der Waals surface area contributed by atoms with Crippen LogP contribution in [0.3, 0.4) is 0 Å². The van der Waals surface area contributed by atoms with Crippen molar-refractivity contribution in [2.45, 2.75) is 32.2 Å². The molecule has 0 aromatic heterocycles. The molecule has 0 spiro atoms. The Bertz CT molecular complexity index is 984. The highest BCUT2D eigenvalue weighted by atomic mass is 35.5. The Morgan fingerprint density at radius 2 is 1.84 bits per heavy atom. The minimum absolute atomic E-state index is 0.00728. The van der Waals surface area contributed by atoms with Gasteiger partial charge in [-0.25, -0.2) is 15.4 Å². The number of anilines is 1. The summed E-state index contributed by atoms with van der Waals surface area (Å²) in [5, 5.41) is 7.91. The molecule has 0 saturated carbocycles. The third-order valence-corrected chi connectivity index (χ3v) is 5.49. The van der Waals surface area contributed by atoms with E-state index in [0.29, 0.717) is 21.3 Å². The van der Waals surface area contributed by atoms with Crippen molar-refractivity contribution >= 4 is 40.8 Å². The van der Waals surface area contributed by atoms with Crippen LogP contribution >= 0.6 is 23.2 Å². The van der Waals surface area contributed by atoms with Crippen LogP contribution in [-0.4, -0.2) is 41.8 Å². The lowest BCUT2D eigenvalue weighted by Gasteiger charge is -2.22. The van der Waals surface area contributed by atoms with Gasteiger partial charge in [-0.1, -0.05) is 43.1 Å². The Morgan fingerprint density at radius 1 is 1.16 bits per heavy atom. The topological polar surface area (TPSA) is 68.8 Å². The van der Waals surface area contributed by atoms with Gasteiger partial charge in [-0.15, -0.1) is 0 Å². The lowest BCUT2D eigenvalue weighted by molar-refractivity contribution is -0.163. The summed E-state index contributed by atoms with van der Waals surface area (Å²) in [6.45, 7) is 3.46. The first kappa shape index (κ1) is 24.3. The Hall–Kier alpha value is -2.33. The van der Waals surface area contributed by atoms with Crippen LogP contribution in [0.4, 0.5) is 18.9 Å². The second kappa shape index (κ2) is 10.1. The Morgan fingerprint density at radius 3 is 2.44 bits per heavy atom. The highest BCUT2D eigenvalue weighted by Gasteiger charge is 2.52. The predicted molar refractivity (Wildman–Crippen MR) is 120 cm³/mol. The van der Waals surface area contributed by atoms with E-state index in [1.54, 1.807) is 43.3 Å². The van der Waals surface area contributed by atoms with Crippen molar-refractivity contribution in [3.05, 3.63) is 64.1 Å². The second-order valence-corrected chi connectivity index (χ2v) is 8.15. The van der Waals surface area contributed by atoms with Gasteiger partial charge in [0.15, 0.2) is 0 Å². The van der Waals surface area contributed by atoms with Crippen LogP contribution in [-0.2, 0) is 0 Å². The third kappa shape index (κ3) is 5.92. The van der Waals surface area contributed by atoms with E-state index in [1.165, 1.54) is 24.1 Å². The molecule has 1 aliphatic rings. The second-order valence-electron chi connectivity index (χ2n) is 7.28. The fraction of sp³-hybridized carbons (Fsp3) is 0.333. The maximum Gasteiger partial charge on any atom is 0.405 e. The summed E-state index contributed by atoms with van der Waals surface area (Å²) in [6.07, 6.45) is -5.32. The van der Waals surface area contributed by atoms with Gasteiger partial charge in [0.25, 0.3) is 5.91 Å². The van der Waals surface area contributed by atoms with Crippen LogP contribution in [0.2, 0.25) is 10.0 Å². The Labute approximate surface area is 193 Å². The van der Waals surface area contributed by atoms with Crippen LogP contribution in [0.5, 0.6) is 0 Å². The Balaban J connectivity index is 1.92. The lowest BCUT2D eigenvalue weighted by atomic mass is 10.0. The number of carbonyl (C=O) groups excluding carboxylic acids is 1. The molecule has 32 heavy (non-hydrogen) atoms. The molecule has 1 fully saturated rings. The van der Waals surface area contributed by atoms with Crippen LogP contribution in [0, 0.1) is 5.92 Å². The minimum Gasteiger partial charge on any atom is -0.326 e. The SMILES string of the molecule is CCN1NC(C(F)(F)F)C(C)C1N=C(NC(=O)c1ccc(Cl)cc1)Nc1cccc(Cl)c1. The van der Waals surface area contributed by atoms with Crippen molar-refractivity contribution < 1.29 is 18.0 Å². The molecule has 0 radical (unpaired) electrons. The number of halogens is 5. The molecule has 1 heterocycles. The van der Waals surface area contributed by atoms with Crippen molar-refractivity contribution in [2.75, 3.05) is 11.9 Å². The Kier molecular flexibility index (Phi) is 7.66. The maximum atomic E-state index is 13.4. The van der Waals surface area contributed by atoms with Crippen molar-refractivity contribution in [1.82, 2.24) is 15.8 Å². The number of nitrogens with zero attached hydrogens (tertiary/aromatic N) is 2. The van der Waals surface area contributed by atoms with Crippen LogP contribution in [0.1, 0.15) is 24.2 Å². The number of alkyl halides is 3. The van der Waals surface area contributed by atoms with E-state index in [2.05, 4.69) is 21.1 Å². The van der Waals surface area contributed by atoms with Crippen LogP contribution in [0.25, 0.3) is 0 Å².